The maximum atomic E-state index is 4.93. The third-order valence-corrected chi connectivity index (χ3v) is 5.98. The van der Waals surface area contributed by atoms with Crippen LogP contribution in [0.1, 0.15) is 44.2 Å². The van der Waals surface area contributed by atoms with Crippen molar-refractivity contribution in [2.24, 2.45) is 0 Å². The summed E-state index contributed by atoms with van der Waals surface area (Å²) in [6.45, 7) is 8.80. The first-order valence-electron chi connectivity index (χ1n) is 13.0. The number of hydrogen-bond acceptors (Lipinski definition) is 0. The second-order valence-corrected chi connectivity index (χ2v) is 13.7. The van der Waals surface area contributed by atoms with Gasteiger partial charge in [0.15, 0.2) is 0 Å². The molecule has 37 heavy (non-hydrogen) atoms. The fourth-order valence-electron chi connectivity index (χ4n) is 4.28. The van der Waals surface area contributed by atoms with Crippen LogP contribution in [-0.2, 0) is 33.7 Å². The standard InChI is InChI=1S/C22H25.C9H7.C2H6Si.2ClH.Zr/c1-3-5-8-17-11-13-19(14-12-17)21-10-6-9-20-15-18(7-4-2)16-22(20)21;1-2-5-9-7-3-6-8(9)4-1;1-3-2;;;/h6,9-16H,3-5,7-8H2,1-2H3;1-7H;1-2H3;2*1H;/q2*-1;;;;+4/p-2. The van der Waals surface area contributed by atoms with Gasteiger partial charge in [0.1, 0.15) is 0 Å². The maximum absolute atomic E-state index is 4.93. The van der Waals surface area contributed by atoms with Gasteiger partial charge in [-0.2, -0.15) is 23.6 Å². The fraction of sp³-hybridized carbons (Fsp3) is 0.273. The summed E-state index contributed by atoms with van der Waals surface area (Å²) < 4.78 is 0. The molecule has 0 atom stereocenters. The molecule has 0 saturated carbocycles. The van der Waals surface area contributed by atoms with Gasteiger partial charge in [-0.25, -0.2) is 0 Å². The molecule has 0 aliphatic heterocycles. The number of aryl methyl sites for hydroxylation is 2. The van der Waals surface area contributed by atoms with Gasteiger partial charge in [-0.15, -0.1) is 64.2 Å². The van der Waals surface area contributed by atoms with Gasteiger partial charge in [0, 0.05) is 9.52 Å². The SMILES string of the molecule is CCCCc1ccc(-c2cccc3[cH-]c(CCC)cc23)cc1.C[Si]C.[Cl][Zr+2][Cl].c1ccc2[cH-]ccc2c1. The summed E-state index contributed by atoms with van der Waals surface area (Å²) in [5.41, 5.74) is 5.61. The number of fused-ring (bicyclic) bond motifs is 2. The zero-order valence-electron chi connectivity index (χ0n) is 22.5. The first-order valence-corrected chi connectivity index (χ1v) is 21.4. The predicted octanol–water partition coefficient (Wildman–Crippen LogP) is 11.2. The van der Waals surface area contributed by atoms with Crippen LogP contribution in [0.5, 0.6) is 0 Å². The van der Waals surface area contributed by atoms with Crippen LogP contribution in [0.3, 0.4) is 0 Å². The van der Waals surface area contributed by atoms with Gasteiger partial charge >= 0.3 is 37.9 Å². The molecule has 5 aromatic carbocycles. The number of hydrogen-bond donors (Lipinski definition) is 0. The summed E-state index contributed by atoms with van der Waals surface area (Å²) >= 11 is -0.826. The van der Waals surface area contributed by atoms with Crippen LogP contribution in [0.2, 0.25) is 13.1 Å². The van der Waals surface area contributed by atoms with Crippen molar-refractivity contribution in [2.45, 2.75) is 59.0 Å². The molecule has 0 spiro atoms. The van der Waals surface area contributed by atoms with Gasteiger partial charge in [0.25, 0.3) is 0 Å². The van der Waals surface area contributed by atoms with Crippen molar-refractivity contribution in [1.82, 2.24) is 0 Å². The molecule has 0 aromatic heterocycles. The molecular weight excluding hydrogens is 587 g/mol. The van der Waals surface area contributed by atoms with Crippen LogP contribution in [0, 0.1) is 0 Å². The molecule has 5 rings (SSSR count). The molecule has 192 valence electrons. The summed E-state index contributed by atoms with van der Waals surface area (Å²) in [4.78, 5) is 0. The van der Waals surface area contributed by atoms with Crippen molar-refractivity contribution in [1.29, 1.82) is 0 Å². The molecule has 0 unspecified atom stereocenters. The molecule has 2 radical (unpaired) electrons. The average molecular weight is 625 g/mol. The molecule has 0 fully saturated rings. The monoisotopic (exact) mass is 622 g/mol. The number of benzene rings is 3. The van der Waals surface area contributed by atoms with E-state index in [1.54, 1.807) is 0 Å². The molecule has 0 saturated heterocycles. The molecule has 0 amide bonds. The second kappa shape index (κ2) is 18.8. The summed E-state index contributed by atoms with van der Waals surface area (Å²) in [5, 5.41) is 5.43. The first-order chi connectivity index (χ1) is 18.1. The third kappa shape index (κ3) is 10.7. The maximum Gasteiger partial charge on any atom is -0.0809 e. The Morgan fingerprint density at radius 2 is 1.46 bits per heavy atom. The van der Waals surface area contributed by atoms with Crippen molar-refractivity contribution in [3.05, 3.63) is 108 Å². The van der Waals surface area contributed by atoms with E-state index < -0.39 is 20.8 Å². The van der Waals surface area contributed by atoms with E-state index in [4.69, 9.17) is 17.0 Å². The normalized spacial score (nSPS) is 9.89. The molecule has 0 N–H and O–H groups in total. The Morgan fingerprint density at radius 3 is 2.11 bits per heavy atom. The molecular formula is C33H38Cl2SiZr. The van der Waals surface area contributed by atoms with Crippen LogP contribution in [0.25, 0.3) is 32.7 Å². The van der Waals surface area contributed by atoms with E-state index in [1.807, 2.05) is 0 Å². The average Bonchev–Trinajstić information content (AvgIpc) is 3.56. The molecule has 0 bridgehead atoms. The van der Waals surface area contributed by atoms with Crippen molar-refractivity contribution >= 4 is 48.1 Å². The smallest absolute Gasteiger partial charge is 0.0809 e. The Morgan fingerprint density at radius 1 is 0.784 bits per heavy atom. The second-order valence-electron chi connectivity index (χ2n) is 8.95. The Balaban J connectivity index is 0.000000263. The number of halogens is 2. The zero-order chi connectivity index (χ0) is 26.9. The minimum atomic E-state index is -0.826. The van der Waals surface area contributed by atoms with E-state index in [9.17, 15) is 0 Å². The fourth-order valence-corrected chi connectivity index (χ4v) is 4.28. The topological polar surface area (TPSA) is 0 Å². The summed E-state index contributed by atoms with van der Waals surface area (Å²) in [7, 11) is 11.0. The van der Waals surface area contributed by atoms with Crippen molar-refractivity contribution in [3.8, 4) is 11.1 Å². The quantitative estimate of drug-likeness (QED) is 0.130. The van der Waals surface area contributed by atoms with Crippen molar-refractivity contribution in [2.75, 3.05) is 0 Å². The summed E-state index contributed by atoms with van der Waals surface area (Å²) in [6.07, 6.45) is 6.10. The Labute approximate surface area is 245 Å². The van der Waals surface area contributed by atoms with Gasteiger partial charge in [-0.05, 0) is 30.4 Å². The largest absolute Gasteiger partial charge is 0.168 e. The molecule has 5 aromatic rings. The molecule has 0 aliphatic carbocycles. The van der Waals surface area contributed by atoms with E-state index in [2.05, 4.69) is 124 Å². The Hall–Kier alpha value is -1.44. The van der Waals surface area contributed by atoms with E-state index in [0.29, 0.717) is 0 Å². The van der Waals surface area contributed by atoms with Gasteiger partial charge in [0.05, 0.1) is 0 Å². The van der Waals surface area contributed by atoms with Crippen molar-refractivity contribution < 1.29 is 20.8 Å². The molecule has 0 aliphatic rings. The van der Waals surface area contributed by atoms with Gasteiger partial charge in [-0.1, -0.05) is 81.7 Å². The van der Waals surface area contributed by atoms with Crippen LogP contribution in [0.4, 0.5) is 0 Å². The first kappa shape index (κ1) is 31.8. The molecule has 0 nitrogen and oxygen atoms in total. The molecule has 0 heterocycles. The van der Waals surface area contributed by atoms with Crippen LogP contribution >= 0.6 is 17.0 Å². The van der Waals surface area contributed by atoms with Crippen LogP contribution in [0.15, 0.2) is 97.1 Å². The number of unbranched alkanes of at least 4 members (excludes halogenated alkanes) is 1. The Kier molecular flexibility index (Phi) is 16.1. The van der Waals surface area contributed by atoms with Gasteiger partial charge in [-0.3, -0.25) is 0 Å². The summed E-state index contributed by atoms with van der Waals surface area (Å²) in [5.74, 6) is 0. The van der Waals surface area contributed by atoms with E-state index in [-0.39, 0.29) is 0 Å². The van der Waals surface area contributed by atoms with Crippen LogP contribution < -0.4 is 0 Å². The van der Waals surface area contributed by atoms with Crippen LogP contribution in [-0.4, -0.2) is 9.52 Å². The van der Waals surface area contributed by atoms with E-state index in [1.165, 1.54) is 75.9 Å². The predicted molar refractivity (Wildman–Crippen MR) is 166 cm³/mol. The minimum Gasteiger partial charge on any atom is -0.168 e. The zero-order valence-corrected chi connectivity index (χ0v) is 27.5. The summed E-state index contributed by atoms with van der Waals surface area (Å²) in [6, 6.07) is 35.2. The third-order valence-electron chi connectivity index (χ3n) is 5.98. The van der Waals surface area contributed by atoms with Gasteiger partial charge in [0.2, 0.25) is 0 Å². The van der Waals surface area contributed by atoms with Crippen molar-refractivity contribution in [3.63, 3.8) is 0 Å². The van der Waals surface area contributed by atoms with E-state index in [0.717, 1.165) is 9.52 Å². The number of rotatable bonds is 6. The Bertz CT molecular complexity index is 1240. The molecule has 4 heteroatoms. The van der Waals surface area contributed by atoms with Gasteiger partial charge < -0.3 is 0 Å². The van der Waals surface area contributed by atoms with E-state index >= 15 is 0 Å². The minimum absolute atomic E-state index is 0.826.